The molecule has 0 aliphatic carbocycles. The lowest BCUT2D eigenvalue weighted by molar-refractivity contribution is 0.458. The Bertz CT molecular complexity index is 501. The summed E-state index contributed by atoms with van der Waals surface area (Å²) in [5, 5.41) is 7.00. The second kappa shape index (κ2) is 10.3. The van der Waals surface area contributed by atoms with E-state index in [2.05, 4.69) is 51.7 Å². The lowest BCUT2D eigenvalue weighted by Crippen LogP contribution is -2.50. The normalized spacial score (nSPS) is 16.5. The van der Waals surface area contributed by atoms with Gasteiger partial charge in [-0.1, -0.05) is 6.07 Å². The van der Waals surface area contributed by atoms with Gasteiger partial charge in [-0.05, 0) is 45.1 Å². The molecule has 136 valence electrons. The fourth-order valence-electron chi connectivity index (χ4n) is 2.55. The summed E-state index contributed by atoms with van der Waals surface area (Å²) >= 11 is 1.86. The number of piperidine rings is 1. The molecule has 0 atom stereocenters. The van der Waals surface area contributed by atoms with Crippen LogP contribution in [0.1, 0.15) is 26.7 Å². The molecular weight excluding hydrogens is 433 g/mol. The highest BCUT2D eigenvalue weighted by Gasteiger charge is 2.22. The first-order valence-electron chi connectivity index (χ1n) is 8.22. The largest absolute Gasteiger partial charge is 0.356 e. The molecule has 0 unspecified atom stereocenters. The van der Waals surface area contributed by atoms with Crippen molar-refractivity contribution in [2.45, 2.75) is 37.5 Å². The minimum absolute atomic E-state index is 0. The average molecular weight is 463 g/mol. The van der Waals surface area contributed by atoms with E-state index in [4.69, 9.17) is 0 Å². The van der Waals surface area contributed by atoms with Crippen LogP contribution in [0.3, 0.4) is 0 Å². The molecule has 1 aromatic rings. The summed E-state index contributed by atoms with van der Waals surface area (Å²) in [4.78, 5) is 11.1. The molecule has 1 aromatic heterocycles. The van der Waals surface area contributed by atoms with Crippen LogP contribution in [0.2, 0.25) is 0 Å². The smallest absolute Gasteiger partial charge is 0.191 e. The number of nitrogens with zero attached hydrogens (tertiary/aromatic N) is 3. The molecule has 0 spiro atoms. The molecule has 24 heavy (non-hydrogen) atoms. The molecule has 1 saturated heterocycles. The predicted octanol–water partition coefficient (Wildman–Crippen LogP) is 2.98. The maximum Gasteiger partial charge on any atom is 0.191 e. The third-order valence-corrected chi connectivity index (χ3v) is 5.52. The van der Waals surface area contributed by atoms with Crippen molar-refractivity contribution in [2.24, 2.45) is 4.99 Å². The Labute approximate surface area is 167 Å². The predicted molar refractivity (Wildman–Crippen MR) is 117 cm³/mol. The van der Waals surface area contributed by atoms with Gasteiger partial charge >= 0.3 is 0 Å². The van der Waals surface area contributed by atoms with Gasteiger partial charge in [0.05, 0.1) is 0 Å². The minimum atomic E-state index is 0. The number of hydrogen-bond acceptors (Lipinski definition) is 4. The number of thioether (sulfide) groups is 1. The Kier molecular flexibility index (Phi) is 9.18. The zero-order valence-electron chi connectivity index (χ0n) is 15.1. The van der Waals surface area contributed by atoms with Gasteiger partial charge in [-0.3, -0.25) is 4.99 Å². The fraction of sp³-hybridized carbons (Fsp3) is 0.647. The molecule has 2 N–H and O–H groups in total. The van der Waals surface area contributed by atoms with Crippen LogP contribution >= 0.6 is 35.7 Å². The number of halogens is 1. The highest BCUT2D eigenvalue weighted by atomic mass is 127. The van der Waals surface area contributed by atoms with Gasteiger partial charge in [-0.2, -0.15) is 11.8 Å². The number of anilines is 1. The molecule has 0 bridgehead atoms. The van der Waals surface area contributed by atoms with Crippen LogP contribution in [0.5, 0.6) is 0 Å². The highest BCUT2D eigenvalue weighted by molar-refractivity contribution is 14.0. The molecule has 7 heteroatoms. The molecule has 2 heterocycles. The lowest BCUT2D eigenvalue weighted by Gasteiger charge is -2.34. The van der Waals surface area contributed by atoms with Gasteiger partial charge in [-0.15, -0.1) is 24.0 Å². The second-order valence-corrected chi connectivity index (χ2v) is 8.00. The summed E-state index contributed by atoms with van der Waals surface area (Å²) < 4.78 is 0.208. The zero-order chi connectivity index (χ0) is 16.7. The van der Waals surface area contributed by atoms with Crippen molar-refractivity contribution in [1.82, 2.24) is 15.6 Å². The zero-order valence-corrected chi connectivity index (χ0v) is 18.2. The van der Waals surface area contributed by atoms with Crippen LogP contribution in [0, 0.1) is 0 Å². The molecule has 2 rings (SSSR count). The maximum absolute atomic E-state index is 4.44. The maximum atomic E-state index is 4.44. The van der Waals surface area contributed by atoms with Gasteiger partial charge in [0.25, 0.3) is 0 Å². The van der Waals surface area contributed by atoms with E-state index in [0.717, 1.165) is 44.3 Å². The van der Waals surface area contributed by atoms with Gasteiger partial charge < -0.3 is 15.5 Å². The molecule has 1 fully saturated rings. The third kappa shape index (κ3) is 6.66. The van der Waals surface area contributed by atoms with E-state index < -0.39 is 0 Å². The van der Waals surface area contributed by atoms with Gasteiger partial charge in [-0.25, -0.2) is 4.98 Å². The number of nitrogens with one attached hydrogen (secondary N) is 2. The fourth-order valence-corrected chi connectivity index (χ4v) is 2.77. The monoisotopic (exact) mass is 463 g/mol. The molecule has 0 radical (unpaired) electrons. The number of pyridine rings is 1. The Morgan fingerprint density at radius 1 is 1.38 bits per heavy atom. The molecule has 5 nitrogen and oxygen atoms in total. The van der Waals surface area contributed by atoms with Crippen molar-refractivity contribution in [3.05, 3.63) is 24.4 Å². The summed E-state index contributed by atoms with van der Waals surface area (Å²) in [5.74, 6) is 1.98. The Hall–Kier alpha value is -0.700. The van der Waals surface area contributed by atoms with E-state index in [-0.39, 0.29) is 28.7 Å². The number of guanidine groups is 1. The summed E-state index contributed by atoms with van der Waals surface area (Å²) in [6, 6.07) is 6.56. The number of aliphatic imine (C=N–C) groups is 1. The van der Waals surface area contributed by atoms with Gasteiger partial charge in [0, 0.05) is 43.7 Å². The average Bonchev–Trinajstić information content (AvgIpc) is 2.60. The van der Waals surface area contributed by atoms with Crippen molar-refractivity contribution in [1.29, 1.82) is 0 Å². The molecule has 0 aromatic carbocycles. The van der Waals surface area contributed by atoms with E-state index in [1.165, 1.54) is 0 Å². The van der Waals surface area contributed by atoms with E-state index in [1.54, 1.807) is 0 Å². The van der Waals surface area contributed by atoms with Crippen molar-refractivity contribution in [3.8, 4) is 0 Å². The summed E-state index contributed by atoms with van der Waals surface area (Å²) in [7, 11) is 1.84. The van der Waals surface area contributed by atoms with E-state index >= 15 is 0 Å². The standard InChI is InChI=1S/C17H29N5S.HI/c1-17(2,23-4)13-20-16(18-3)21-14-8-11-22(12-9-14)15-7-5-6-10-19-15;/h5-7,10,14H,8-9,11-13H2,1-4H3,(H2,18,20,21);1H. The summed E-state index contributed by atoms with van der Waals surface area (Å²) in [6.45, 7) is 7.44. The second-order valence-electron chi connectivity index (χ2n) is 6.48. The Balaban J connectivity index is 0.00000288. The molecule has 0 saturated carbocycles. The molecule has 1 aliphatic heterocycles. The van der Waals surface area contributed by atoms with Crippen LogP contribution in [0.15, 0.2) is 29.4 Å². The van der Waals surface area contributed by atoms with Gasteiger partial charge in [0.2, 0.25) is 0 Å². The quantitative estimate of drug-likeness (QED) is 0.400. The molecule has 0 amide bonds. The Morgan fingerprint density at radius 2 is 2.08 bits per heavy atom. The highest BCUT2D eigenvalue weighted by Crippen LogP contribution is 2.20. The first kappa shape index (κ1) is 21.3. The SMILES string of the molecule is CN=C(NCC(C)(C)SC)NC1CCN(c2ccccn2)CC1.I. The van der Waals surface area contributed by atoms with Crippen LogP contribution in [0.25, 0.3) is 0 Å². The first-order chi connectivity index (χ1) is 11.0. The van der Waals surface area contributed by atoms with Gasteiger partial charge in [0.15, 0.2) is 5.96 Å². The van der Waals surface area contributed by atoms with Crippen molar-refractivity contribution in [3.63, 3.8) is 0 Å². The molecular formula is C17H30IN5S. The number of aromatic nitrogens is 1. The van der Waals surface area contributed by atoms with E-state index in [0.29, 0.717) is 6.04 Å². The van der Waals surface area contributed by atoms with Crippen molar-refractivity contribution >= 4 is 47.5 Å². The Morgan fingerprint density at radius 3 is 2.62 bits per heavy atom. The van der Waals surface area contributed by atoms with Crippen molar-refractivity contribution in [2.75, 3.05) is 37.8 Å². The van der Waals surface area contributed by atoms with E-state index in [9.17, 15) is 0 Å². The summed E-state index contributed by atoms with van der Waals surface area (Å²) in [5.41, 5.74) is 0. The summed E-state index contributed by atoms with van der Waals surface area (Å²) in [6.07, 6.45) is 6.20. The first-order valence-corrected chi connectivity index (χ1v) is 9.45. The number of hydrogen-bond donors (Lipinski definition) is 2. The number of rotatable bonds is 5. The van der Waals surface area contributed by atoms with E-state index in [1.807, 2.05) is 37.1 Å². The van der Waals surface area contributed by atoms with Crippen molar-refractivity contribution < 1.29 is 0 Å². The minimum Gasteiger partial charge on any atom is -0.356 e. The van der Waals surface area contributed by atoms with Crippen LogP contribution < -0.4 is 15.5 Å². The topological polar surface area (TPSA) is 52.6 Å². The van der Waals surface area contributed by atoms with Crippen LogP contribution in [0.4, 0.5) is 5.82 Å². The van der Waals surface area contributed by atoms with Crippen LogP contribution in [-0.2, 0) is 0 Å². The third-order valence-electron chi connectivity index (χ3n) is 4.27. The lowest BCUT2D eigenvalue weighted by atomic mass is 10.1. The van der Waals surface area contributed by atoms with Gasteiger partial charge in [0.1, 0.15) is 5.82 Å². The molecule has 1 aliphatic rings. The van der Waals surface area contributed by atoms with Crippen LogP contribution in [-0.4, -0.2) is 54.7 Å².